The standard InChI is InChI=1S/C12H18N2S/c1-10-9-15-12-6-3-2-5-11(12)14(10)8-4-7-13/h2-3,5-6,10H,4,7-9,13H2,1H3. The van der Waals surface area contributed by atoms with Gasteiger partial charge in [0.25, 0.3) is 0 Å². The van der Waals surface area contributed by atoms with E-state index < -0.39 is 0 Å². The first-order chi connectivity index (χ1) is 7.33. The highest BCUT2D eigenvalue weighted by molar-refractivity contribution is 7.99. The topological polar surface area (TPSA) is 29.3 Å². The molecule has 3 heteroatoms. The molecule has 15 heavy (non-hydrogen) atoms. The number of thioether (sulfide) groups is 1. The number of benzene rings is 1. The van der Waals surface area contributed by atoms with E-state index in [4.69, 9.17) is 5.73 Å². The molecule has 0 radical (unpaired) electrons. The van der Waals surface area contributed by atoms with Crippen LogP contribution in [-0.4, -0.2) is 24.9 Å². The van der Waals surface area contributed by atoms with Crippen molar-refractivity contribution >= 4 is 17.4 Å². The van der Waals surface area contributed by atoms with Gasteiger partial charge in [-0.2, -0.15) is 0 Å². The first-order valence-corrected chi connectivity index (χ1v) is 6.50. The monoisotopic (exact) mass is 222 g/mol. The van der Waals surface area contributed by atoms with Gasteiger partial charge in [0, 0.05) is 23.2 Å². The first-order valence-electron chi connectivity index (χ1n) is 5.51. The Morgan fingerprint density at radius 2 is 2.27 bits per heavy atom. The van der Waals surface area contributed by atoms with Crippen LogP contribution in [0.1, 0.15) is 13.3 Å². The Hall–Kier alpha value is -0.670. The van der Waals surface area contributed by atoms with Crippen molar-refractivity contribution in [2.24, 2.45) is 5.73 Å². The summed E-state index contributed by atoms with van der Waals surface area (Å²) in [6.07, 6.45) is 1.07. The van der Waals surface area contributed by atoms with E-state index in [-0.39, 0.29) is 0 Å². The zero-order valence-electron chi connectivity index (χ0n) is 9.15. The number of fused-ring (bicyclic) bond motifs is 1. The lowest BCUT2D eigenvalue weighted by atomic mass is 10.2. The van der Waals surface area contributed by atoms with Gasteiger partial charge in [-0.25, -0.2) is 0 Å². The third kappa shape index (κ3) is 2.29. The summed E-state index contributed by atoms with van der Waals surface area (Å²) in [5.74, 6) is 1.18. The normalized spacial score (nSPS) is 20.1. The van der Waals surface area contributed by atoms with Gasteiger partial charge in [0.1, 0.15) is 0 Å². The lowest BCUT2D eigenvalue weighted by Gasteiger charge is -2.36. The molecule has 0 spiro atoms. The van der Waals surface area contributed by atoms with E-state index in [9.17, 15) is 0 Å². The fraction of sp³-hybridized carbons (Fsp3) is 0.500. The van der Waals surface area contributed by atoms with Crippen LogP contribution >= 0.6 is 11.8 Å². The molecule has 1 aromatic carbocycles. The van der Waals surface area contributed by atoms with Crippen LogP contribution in [0, 0.1) is 0 Å². The lowest BCUT2D eigenvalue weighted by molar-refractivity contribution is 0.652. The smallest absolute Gasteiger partial charge is 0.0507 e. The number of hydrogen-bond donors (Lipinski definition) is 1. The van der Waals surface area contributed by atoms with Crippen LogP contribution in [0.2, 0.25) is 0 Å². The zero-order valence-corrected chi connectivity index (χ0v) is 9.96. The van der Waals surface area contributed by atoms with Crippen molar-refractivity contribution in [1.82, 2.24) is 0 Å². The third-order valence-electron chi connectivity index (χ3n) is 2.79. The fourth-order valence-electron chi connectivity index (χ4n) is 1.96. The predicted molar refractivity (Wildman–Crippen MR) is 67.6 cm³/mol. The van der Waals surface area contributed by atoms with Crippen LogP contribution in [0.5, 0.6) is 0 Å². The molecule has 1 aromatic rings. The van der Waals surface area contributed by atoms with Crippen molar-refractivity contribution < 1.29 is 0 Å². The Morgan fingerprint density at radius 3 is 3.07 bits per heavy atom. The molecule has 1 aliphatic heterocycles. The molecular formula is C12H18N2S. The first kappa shape index (κ1) is 10.8. The summed E-state index contributed by atoms with van der Waals surface area (Å²) < 4.78 is 0. The van der Waals surface area contributed by atoms with E-state index in [1.165, 1.54) is 16.3 Å². The zero-order chi connectivity index (χ0) is 10.7. The summed E-state index contributed by atoms with van der Waals surface area (Å²) in [6, 6.07) is 9.28. The second-order valence-electron chi connectivity index (χ2n) is 3.96. The average Bonchev–Trinajstić information content (AvgIpc) is 2.28. The maximum absolute atomic E-state index is 5.58. The number of rotatable bonds is 3. The molecule has 0 aliphatic carbocycles. The molecule has 0 fully saturated rings. The molecule has 2 rings (SSSR count). The summed E-state index contributed by atoms with van der Waals surface area (Å²) in [4.78, 5) is 3.89. The van der Waals surface area contributed by atoms with E-state index in [0.717, 1.165) is 19.5 Å². The number of nitrogens with zero attached hydrogens (tertiary/aromatic N) is 1. The molecule has 0 saturated carbocycles. The summed E-state index contributed by atoms with van der Waals surface area (Å²) in [5.41, 5.74) is 6.96. The molecule has 1 aliphatic rings. The highest BCUT2D eigenvalue weighted by Crippen LogP contribution is 2.36. The number of anilines is 1. The van der Waals surface area contributed by atoms with Gasteiger partial charge in [0.15, 0.2) is 0 Å². The van der Waals surface area contributed by atoms with Crippen molar-refractivity contribution in [3.05, 3.63) is 24.3 Å². The molecule has 2 nitrogen and oxygen atoms in total. The van der Waals surface area contributed by atoms with Gasteiger partial charge in [-0.3, -0.25) is 0 Å². The van der Waals surface area contributed by atoms with Crippen LogP contribution in [0.15, 0.2) is 29.2 Å². The molecule has 0 amide bonds. The highest BCUT2D eigenvalue weighted by atomic mass is 32.2. The Balaban J connectivity index is 2.21. The minimum absolute atomic E-state index is 0.622. The van der Waals surface area contributed by atoms with Crippen LogP contribution in [0.3, 0.4) is 0 Å². The van der Waals surface area contributed by atoms with Gasteiger partial charge in [-0.15, -0.1) is 11.8 Å². The Kier molecular flexibility index (Phi) is 3.54. The second-order valence-corrected chi connectivity index (χ2v) is 5.03. The van der Waals surface area contributed by atoms with E-state index in [0.29, 0.717) is 6.04 Å². The number of nitrogens with two attached hydrogens (primary N) is 1. The maximum atomic E-state index is 5.58. The molecule has 0 aromatic heterocycles. The SMILES string of the molecule is CC1CSc2ccccc2N1CCCN. The minimum Gasteiger partial charge on any atom is -0.367 e. The van der Waals surface area contributed by atoms with Gasteiger partial charge in [-0.1, -0.05) is 12.1 Å². The van der Waals surface area contributed by atoms with Gasteiger partial charge < -0.3 is 10.6 Å². The number of hydrogen-bond acceptors (Lipinski definition) is 3. The number of para-hydroxylation sites is 1. The molecule has 0 saturated heterocycles. The highest BCUT2D eigenvalue weighted by Gasteiger charge is 2.22. The Labute approximate surface area is 95.8 Å². The quantitative estimate of drug-likeness (QED) is 0.851. The summed E-state index contributed by atoms with van der Waals surface area (Å²) in [7, 11) is 0. The summed E-state index contributed by atoms with van der Waals surface area (Å²) >= 11 is 1.96. The van der Waals surface area contributed by atoms with Gasteiger partial charge >= 0.3 is 0 Å². The van der Waals surface area contributed by atoms with Crippen LogP contribution in [-0.2, 0) is 0 Å². The Bertz CT molecular complexity index is 327. The molecule has 1 unspecified atom stereocenters. The molecular weight excluding hydrogens is 204 g/mol. The van der Waals surface area contributed by atoms with Gasteiger partial charge in [0.05, 0.1) is 5.69 Å². The van der Waals surface area contributed by atoms with E-state index in [1.807, 2.05) is 11.8 Å². The third-order valence-corrected chi connectivity index (χ3v) is 4.10. The van der Waals surface area contributed by atoms with Gasteiger partial charge in [0.2, 0.25) is 0 Å². The average molecular weight is 222 g/mol. The van der Waals surface area contributed by atoms with E-state index in [1.54, 1.807) is 0 Å². The fourth-order valence-corrected chi connectivity index (χ4v) is 3.07. The molecule has 0 bridgehead atoms. The maximum Gasteiger partial charge on any atom is 0.0507 e. The van der Waals surface area contributed by atoms with E-state index in [2.05, 4.69) is 36.1 Å². The Morgan fingerprint density at radius 1 is 1.47 bits per heavy atom. The van der Waals surface area contributed by atoms with Crippen molar-refractivity contribution in [3.8, 4) is 0 Å². The van der Waals surface area contributed by atoms with Crippen LogP contribution in [0.4, 0.5) is 5.69 Å². The lowest BCUT2D eigenvalue weighted by Crippen LogP contribution is -2.39. The van der Waals surface area contributed by atoms with Crippen molar-refractivity contribution in [1.29, 1.82) is 0 Å². The minimum atomic E-state index is 0.622. The molecule has 2 N–H and O–H groups in total. The van der Waals surface area contributed by atoms with Crippen molar-refractivity contribution in [2.45, 2.75) is 24.3 Å². The summed E-state index contributed by atoms with van der Waals surface area (Å²) in [6.45, 7) is 4.15. The van der Waals surface area contributed by atoms with Crippen LogP contribution in [0.25, 0.3) is 0 Å². The van der Waals surface area contributed by atoms with Gasteiger partial charge in [-0.05, 0) is 32.0 Å². The van der Waals surface area contributed by atoms with Crippen molar-refractivity contribution in [2.75, 3.05) is 23.7 Å². The van der Waals surface area contributed by atoms with Crippen LogP contribution < -0.4 is 10.6 Å². The molecule has 1 heterocycles. The second kappa shape index (κ2) is 4.90. The predicted octanol–water partition coefficient (Wildman–Crippen LogP) is 2.34. The van der Waals surface area contributed by atoms with E-state index >= 15 is 0 Å². The van der Waals surface area contributed by atoms with Crippen molar-refractivity contribution in [3.63, 3.8) is 0 Å². The molecule has 1 atom stereocenters. The largest absolute Gasteiger partial charge is 0.367 e. The molecule has 82 valence electrons. The summed E-state index contributed by atoms with van der Waals surface area (Å²) in [5, 5.41) is 0.